The van der Waals surface area contributed by atoms with Crippen LogP contribution in [0.25, 0.3) is 0 Å². The molecule has 2 aromatic rings. The van der Waals surface area contributed by atoms with Gasteiger partial charge in [-0.1, -0.05) is 20.8 Å². The number of carbonyl (C=O) groups is 1. The Kier molecular flexibility index (Phi) is 5.37. The molecule has 1 aliphatic heterocycles. The van der Waals surface area contributed by atoms with Crippen LogP contribution in [0.5, 0.6) is 0 Å². The summed E-state index contributed by atoms with van der Waals surface area (Å²) in [5.74, 6) is 0.637. The Morgan fingerprint density at radius 3 is 2.54 bits per heavy atom. The molecule has 1 amide bonds. The molecule has 0 aromatic carbocycles. The highest BCUT2D eigenvalue weighted by atomic mass is 79.9. The van der Waals surface area contributed by atoms with Crippen LogP contribution in [0.2, 0.25) is 0 Å². The fourth-order valence-corrected chi connectivity index (χ4v) is 3.46. The number of hydrogen-bond donors (Lipinski definition) is 0. The monoisotopic (exact) mass is 421 g/mol. The molecule has 0 atom stereocenters. The van der Waals surface area contributed by atoms with Gasteiger partial charge in [-0.2, -0.15) is 0 Å². The molecular formula is C19H24BrN3O3. The lowest BCUT2D eigenvalue weighted by atomic mass is 9.92. The standard InChI is InChI=1S/C19H24BrN3O3/c1-19(2,3)15-10-17(24)23(12-21-15)11-13-6-8-22(9-7-13)18(25)14-4-5-16(20)26-14/h4-5,10,12-13H,6-9,11H2,1-3H3. The number of hydrogen-bond acceptors (Lipinski definition) is 4. The van der Waals surface area contributed by atoms with E-state index in [1.54, 1.807) is 29.1 Å². The summed E-state index contributed by atoms with van der Waals surface area (Å²) >= 11 is 3.22. The van der Waals surface area contributed by atoms with Crippen molar-refractivity contribution in [2.24, 2.45) is 5.92 Å². The predicted molar refractivity (Wildman–Crippen MR) is 102 cm³/mol. The van der Waals surface area contributed by atoms with Gasteiger partial charge >= 0.3 is 0 Å². The molecule has 3 heterocycles. The Morgan fingerprint density at radius 2 is 2.00 bits per heavy atom. The van der Waals surface area contributed by atoms with E-state index in [1.165, 1.54) is 0 Å². The van der Waals surface area contributed by atoms with Gasteiger partial charge in [0.15, 0.2) is 10.4 Å². The van der Waals surface area contributed by atoms with E-state index in [0.29, 0.717) is 36.0 Å². The summed E-state index contributed by atoms with van der Waals surface area (Å²) in [4.78, 5) is 31.0. The van der Waals surface area contributed by atoms with E-state index in [-0.39, 0.29) is 16.9 Å². The molecular weight excluding hydrogens is 398 g/mol. The van der Waals surface area contributed by atoms with Crippen LogP contribution in [-0.4, -0.2) is 33.4 Å². The lowest BCUT2D eigenvalue weighted by molar-refractivity contribution is 0.0649. The van der Waals surface area contributed by atoms with Crippen molar-refractivity contribution in [3.8, 4) is 0 Å². The van der Waals surface area contributed by atoms with Gasteiger partial charge in [0.1, 0.15) is 0 Å². The fraction of sp³-hybridized carbons (Fsp3) is 0.526. The molecule has 26 heavy (non-hydrogen) atoms. The molecule has 0 spiro atoms. The summed E-state index contributed by atoms with van der Waals surface area (Å²) in [6, 6.07) is 5.04. The van der Waals surface area contributed by atoms with Gasteiger partial charge in [-0.25, -0.2) is 4.98 Å². The van der Waals surface area contributed by atoms with Crippen LogP contribution >= 0.6 is 15.9 Å². The molecule has 0 unspecified atom stereocenters. The highest BCUT2D eigenvalue weighted by Crippen LogP contribution is 2.22. The SMILES string of the molecule is CC(C)(C)c1cc(=O)n(CC2CCN(C(=O)c3ccc(Br)o3)CC2)cn1. The van der Waals surface area contributed by atoms with E-state index in [0.717, 1.165) is 18.5 Å². The Bertz CT molecular complexity index is 842. The molecule has 7 heteroatoms. The quantitative estimate of drug-likeness (QED) is 0.760. The third-order valence-corrected chi connectivity index (χ3v) is 5.21. The Hall–Kier alpha value is -1.89. The van der Waals surface area contributed by atoms with Crippen LogP contribution in [-0.2, 0) is 12.0 Å². The molecule has 2 aromatic heterocycles. The second kappa shape index (κ2) is 7.39. The van der Waals surface area contributed by atoms with E-state index in [2.05, 4.69) is 20.9 Å². The van der Waals surface area contributed by atoms with Crippen molar-refractivity contribution in [1.82, 2.24) is 14.5 Å². The molecule has 140 valence electrons. The summed E-state index contributed by atoms with van der Waals surface area (Å²) in [6.45, 7) is 8.12. The van der Waals surface area contributed by atoms with Crippen molar-refractivity contribution in [2.45, 2.75) is 45.6 Å². The zero-order valence-electron chi connectivity index (χ0n) is 15.4. The minimum absolute atomic E-state index is 0.0103. The van der Waals surface area contributed by atoms with Crippen molar-refractivity contribution in [1.29, 1.82) is 0 Å². The summed E-state index contributed by atoms with van der Waals surface area (Å²) in [6.07, 6.45) is 3.38. The number of carbonyl (C=O) groups excluding carboxylic acids is 1. The van der Waals surface area contributed by atoms with E-state index >= 15 is 0 Å². The second-order valence-corrected chi connectivity index (χ2v) is 8.64. The number of amides is 1. The van der Waals surface area contributed by atoms with Crippen LogP contribution < -0.4 is 5.56 Å². The zero-order chi connectivity index (χ0) is 18.9. The second-order valence-electron chi connectivity index (χ2n) is 7.85. The average Bonchev–Trinajstić information content (AvgIpc) is 3.02. The van der Waals surface area contributed by atoms with Crippen molar-refractivity contribution in [2.75, 3.05) is 13.1 Å². The predicted octanol–water partition coefficient (Wildman–Crippen LogP) is 3.45. The summed E-state index contributed by atoms with van der Waals surface area (Å²) in [5, 5.41) is 0. The van der Waals surface area contributed by atoms with Gasteiger partial charge in [0.05, 0.1) is 12.0 Å². The molecule has 0 aliphatic carbocycles. The highest BCUT2D eigenvalue weighted by molar-refractivity contribution is 9.10. The van der Waals surface area contributed by atoms with Gasteiger partial charge < -0.3 is 9.32 Å². The number of aromatic nitrogens is 2. The molecule has 1 saturated heterocycles. The molecule has 0 bridgehead atoms. The smallest absolute Gasteiger partial charge is 0.289 e. The van der Waals surface area contributed by atoms with Crippen molar-refractivity contribution >= 4 is 21.8 Å². The number of rotatable bonds is 3. The summed E-state index contributed by atoms with van der Waals surface area (Å²) < 4.78 is 7.59. The maximum atomic E-state index is 12.4. The number of nitrogens with zero attached hydrogens (tertiary/aromatic N) is 3. The Labute approximate surface area is 161 Å². The van der Waals surface area contributed by atoms with Gasteiger partial charge in [0.25, 0.3) is 11.5 Å². The van der Waals surface area contributed by atoms with Crippen LogP contribution in [0.4, 0.5) is 0 Å². The number of piperidine rings is 1. The topological polar surface area (TPSA) is 68.3 Å². The third kappa shape index (κ3) is 4.26. The van der Waals surface area contributed by atoms with Gasteiger partial charge in [0, 0.05) is 31.1 Å². The number of halogens is 1. The molecule has 1 aliphatic rings. The van der Waals surface area contributed by atoms with Crippen LogP contribution in [0.1, 0.15) is 49.9 Å². The summed E-state index contributed by atoms with van der Waals surface area (Å²) in [5.41, 5.74) is 0.665. The van der Waals surface area contributed by atoms with Crippen LogP contribution in [0.15, 0.2) is 38.4 Å². The molecule has 6 nitrogen and oxygen atoms in total. The maximum Gasteiger partial charge on any atom is 0.289 e. The Balaban J connectivity index is 1.59. The van der Waals surface area contributed by atoms with Crippen LogP contribution in [0, 0.1) is 5.92 Å². The molecule has 1 fully saturated rings. The van der Waals surface area contributed by atoms with E-state index in [9.17, 15) is 9.59 Å². The minimum atomic E-state index is -0.134. The summed E-state index contributed by atoms with van der Waals surface area (Å²) in [7, 11) is 0. The van der Waals surface area contributed by atoms with E-state index < -0.39 is 0 Å². The van der Waals surface area contributed by atoms with Crippen molar-refractivity contribution < 1.29 is 9.21 Å². The first kappa shape index (κ1) is 18.9. The minimum Gasteiger partial charge on any atom is -0.444 e. The maximum absolute atomic E-state index is 12.4. The third-order valence-electron chi connectivity index (χ3n) is 4.79. The first-order valence-corrected chi connectivity index (χ1v) is 9.65. The Morgan fingerprint density at radius 1 is 1.31 bits per heavy atom. The van der Waals surface area contributed by atoms with Gasteiger partial charge in [-0.3, -0.25) is 14.2 Å². The highest BCUT2D eigenvalue weighted by Gasteiger charge is 2.26. The van der Waals surface area contributed by atoms with Crippen molar-refractivity contribution in [3.05, 3.63) is 51.0 Å². The fourth-order valence-electron chi connectivity index (χ4n) is 3.16. The van der Waals surface area contributed by atoms with Gasteiger partial charge in [0.2, 0.25) is 0 Å². The van der Waals surface area contributed by atoms with Crippen molar-refractivity contribution in [3.63, 3.8) is 0 Å². The normalized spacial score (nSPS) is 16.1. The van der Waals surface area contributed by atoms with E-state index in [4.69, 9.17) is 4.42 Å². The lowest BCUT2D eigenvalue weighted by Gasteiger charge is -2.31. The van der Waals surface area contributed by atoms with Gasteiger partial charge in [-0.15, -0.1) is 0 Å². The van der Waals surface area contributed by atoms with Gasteiger partial charge in [-0.05, 0) is 46.8 Å². The average molecular weight is 422 g/mol. The first-order chi connectivity index (χ1) is 12.2. The lowest BCUT2D eigenvalue weighted by Crippen LogP contribution is -2.40. The molecule has 0 saturated carbocycles. The molecule has 0 radical (unpaired) electrons. The number of likely N-dealkylation sites (tertiary alicyclic amines) is 1. The van der Waals surface area contributed by atoms with E-state index in [1.807, 2.05) is 25.7 Å². The first-order valence-electron chi connectivity index (χ1n) is 8.85. The zero-order valence-corrected chi connectivity index (χ0v) is 17.0. The number of furan rings is 1. The largest absolute Gasteiger partial charge is 0.444 e. The molecule has 3 rings (SSSR count). The van der Waals surface area contributed by atoms with Crippen LogP contribution in [0.3, 0.4) is 0 Å². The molecule has 0 N–H and O–H groups in total.